The van der Waals surface area contributed by atoms with Gasteiger partial charge in [-0.2, -0.15) is 0 Å². The fourth-order valence-corrected chi connectivity index (χ4v) is 2.15. The Hall–Kier alpha value is -1.00. The van der Waals surface area contributed by atoms with E-state index in [1.54, 1.807) is 7.11 Å². The van der Waals surface area contributed by atoms with Crippen molar-refractivity contribution in [3.8, 4) is 0 Å². The first kappa shape index (κ1) is 16.1. The molecule has 0 fully saturated rings. The summed E-state index contributed by atoms with van der Waals surface area (Å²) in [6.07, 6.45) is 1.18. The van der Waals surface area contributed by atoms with Gasteiger partial charge in [-0.05, 0) is 57.0 Å². The predicted octanol–water partition coefficient (Wildman–Crippen LogP) is 3.30. The van der Waals surface area contributed by atoms with Crippen molar-refractivity contribution in [1.29, 1.82) is 0 Å². The van der Waals surface area contributed by atoms with E-state index in [0.29, 0.717) is 12.0 Å². The molecule has 0 aliphatic rings. The third-order valence-corrected chi connectivity index (χ3v) is 3.26. The summed E-state index contributed by atoms with van der Waals surface area (Å²) in [5.41, 5.74) is 0.106. The van der Waals surface area contributed by atoms with Crippen molar-refractivity contribution in [2.45, 2.75) is 45.3 Å². The molecule has 0 bridgehead atoms. The zero-order valence-corrected chi connectivity index (χ0v) is 12.1. The third-order valence-electron chi connectivity index (χ3n) is 3.26. The lowest BCUT2D eigenvalue weighted by atomic mass is 9.93. The van der Waals surface area contributed by atoms with Crippen LogP contribution in [0.25, 0.3) is 0 Å². The van der Waals surface area contributed by atoms with Crippen molar-refractivity contribution in [1.82, 2.24) is 5.32 Å². The van der Waals surface area contributed by atoms with E-state index in [4.69, 9.17) is 4.74 Å². The topological polar surface area (TPSA) is 21.3 Å². The molecule has 0 aromatic heterocycles. The van der Waals surface area contributed by atoms with Gasteiger partial charge < -0.3 is 10.1 Å². The van der Waals surface area contributed by atoms with Gasteiger partial charge in [-0.1, -0.05) is 6.92 Å². The molecule has 1 atom stereocenters. The average molecular weight is 271 g/mol. The molecule has 1 rings (SSSR count). The second-order valence-corrected chi connectivity index (χ2v) is 5.36. The van der Waals surface area contributed by atoms with Crippen molar-refractivity contribution in [2.75, 3.05) is 13.7 Å². The van der Waals surface area contributed by atoms with E-state index in [-0.39, 0.29) is 17.5 Å². The molecule has 0 radical (unpaired) electrons. The fourth-order valence-electron chi connectivity index (χ4n) is 2.15. The first-order valence-corrected chi connectivity index (χ1v) is 6.60. The molecule has 1 aromatic rings. The monoisotopic (exact) mass is 271 g/mol. The number of rotatable bonds is 7. The maximum atomic E-state index is 13.7. The molecule has 2 nitrogen and oxygen atoms in total. The normalized spacial score (nSPS) is 13.6. The van der Waals surface area contributed by atoms with Gasteiger partial charge in [0.05, 0.1) is 5.60 Å². The summed E-state index contributed by atoms with van der Waals surface area (Å²) in [7, 11) is 1.66. The summed E-state index contributed by atoms with van der Waals surface area (Å²) in [5.74, 6) is -0.767. The summed E-state index contributed by atoms with van der Waals surface area (Å²) in [4.78, 5) is 0. The van der Waals surface area contributed by atoms with Crippen molar-refractivity contribution in [3.05, 3.63) is 35.4 Å². The van der Waals surface area contributed by atoms with Crippen LogP contribution in [-0.4, -0.2) is 25.3 Å². The number of nitrogens with one attached hydrogen (secondary N) is 1. The zero-order valence-electron chi connectivity index (χ0n) is 12.1. The number of hydrogen-bond acceptors (Lipinski definition) is 2. The Morgan fingerprint density at radius 3 is 2.58 bits per heavy atom. The van der Waals surface area contributed by atoms with Crippen LogP contribution < -0.4 is 5.32 Å². The molecule has 108 valence electrons. The summed E-state index contributed by atoms with van der Waals surface area (Å²) in [5, 5.41) is 3.30. The van der Waals surface area contributed by atoms with Crippen LogP contribution in [-0.2, 0) is 11.2 Å². The van der Waals surface area contributed by atoms with Crippen LogP contribution in [0.15, 0.2) is 18.2 Å². The van der Waals surface area contributed by atoms with Crippen LogP contribution in [0, 0.1) is 11.6 Å². The summed E-state index contributed by atoms with van der Waals surface area (Å²) in [6.45, 7) is 6.74. The molecule has 0 spiro atoms. The van der Waals surface area contributed by atoms with Gasteiger partial charge in [0.15, 0.2) is 0 Å². The number of ether oxygens (including phenoxy) is 1. The molecule has 0 aliphatic carbocycles. The third kappa shape index (κ3) is 5.25. The molecule has 4 heteroatoms. The fraction of sp³-hybridized carbons (Fsp3) is 0.600. The Balaban J connectivity index is 2.80. The van der Waals surface area contributed by atoms with Crippen molar-refractivity contribution < 1.29 is 13.5 Å². The molecule has 0 saturated carbocycles. The predicted molar refractivity (Wildman–Crippen MR) is 73.2 cm³/mol. The zero-order chi connectivity index (χ0) is 14.5. The van der Waals surface area contributed by atoms with Crippen LogP contribution in [0.2, 0.25) is 0 Å². The molecular weight excluding hydrogens is 248 g/mol. The maximum absolute atomic E-state index is 13.7. The van der Waals surface area contributed by atoms with E-state index >= 15 is 0 Å². The van der Waals surface area contributed by atoms with E-state index < -0.39 is 5.82 Å². The van der Waals surface area contributed by atoms with Crippen LogP contribution in [0.5, 0.6) is 0 Å². The Labute approximate surface area is 114 Å². The van der Waals surface area contributed by atoms with Gasteiger partial charge in [-0.3, -0.25) is 0 Å². The minimum atomic E-state index is -0.405. The van der Waals surface area contributed by atoms with Gasteiger partial charge in [0.1, 0.15) is 11.6 Å². The molecule has 0 heterocycles. The standard InChI is InChI=1S/C15H23F2NO/c1-5-18-13(10-15(2,3)19-4)9-11-8-12(16)6-7-14(11)17/h6-8,13,18H,5,9-10H2,1-4H3. The largest absolute Gasteiger partial charge is 0.379 e. The Morgan fingerprint density at radius 2 is 2.00 bits per heavy atom. The van der Waals surface area contributed by atoms with Crippen LogP contribution in [0.4, 0.5) is 8.78 Å². The molecule has 1 unspecified atom stereocenters. The Bertz CT molecular complexity index is 407. The van der Waals surface area contributed by atoms with Crippen molar-refractivity contribution in [2.24, 2.45) is 0 Å². The lowest BCUT2D eigenvalue weighted by molar-refractivity contribution is 0.00720. The summed E-state index contributed by atoms with van der Waals surface area (Å²) in [6, 6.07) is 3.63. The molecule has 1 aromatic carbocycles. The number of benzene rings is 1. The van der Waals surface area contributed by atoms with E-state index in [9.17, 15) is 8.78 Å². The van der Waals surface area contributed by atoms with Gasteiger partial charge in [0.2, 0.25) is 0 Å². The number of halogens is 2. The lowest BCUT2D eigenvalue weighted by Gasteiger charge is -2.29. The highest BCUT2D eigenvalue weighted by molar-refractivity contribution is 5.20. The maximum Gasteiger partial charge on any atom is 0.126 e. The molecule has 19 heavy (non-hydrogen) atoms. The summed E-state index contributed by atoms with van der Waals surface area (Å²) >= 11 is 0. The van der Waals surface area contributed by atoms with Crippen LogP contribution in [0.3, 0.4) is 0 Å². The highest BCUT2D eigenvalue weighted by atomic mass is 19.1. The first-order valence-electron chi connectivity index (χ1n) is 6.60. The highest BCUT2D eigenvalue weighted by Crippen LogP contribution is 2.20. The minimum Gasteiger partial charge on any atom is -0.379 e. The van der Waals surface area contributed by atoms with Crippen molar-refractivity contribution >= 4 is 0 Å². The lowest BCUT2D eigenvalue weighted by Crippen LogP contribution is -2.39. The van der Waals surface area contributed by atoms with Gasteiger partial charge in [-0.25, -0.2) is 8.78 Å². The molecular formula is C15H23F2NO. The average Bonchev–Trinajstić information content (AvgIpc) is 2.34. The quantitative estimate of drug-likeness (QED) is 0.821. The van der Waals surface area contributed by atoms with Crippen LogP contribution >= 0.6 is 0 Å². The first-order chi connectivity index (χ1) is 8.88. The van der Waals surface area contributed by atoms with E-state index in [1.807, 2.05) is 20.8 Å². The molecule has 0 aliphatic heterocycles. The number of likely N-dealkylation sites (N-methyl/N-ethyl adjacent to an activating group) is 1. The van der Waals surface area contributed by atoms with Gasteiger partial charge in [-0.15, -0.1) is 0 Å². The van der Waals surface area contributed by atoms with Crippen LogP contribution in [0.1, 0.15) is 32.8 Å². The van der Waals surface area contributed by atoms with E-state index in [1.165, 1.54) is 12.1 Å². The molecule has 1 N–H and O–H groups in total. The minimum absolute atomic E-state index is 0.0521. The molecule has 0 amide bonds. The smallest absolute Gasteiger partial charge is 0.126 e. The number of hydrogen-bond donors (Lipinski definition) is 1. The van der Waals surface area contributed by atoms with E-state index in [2.05, 4.69) is 5.32 Å². The van der Waals surface area contributed by atoms with E-state index in [0.717, 1.165) is 19.0 Å². The number of methoxy groups -OCH3 is 1. The second kappa shape index (κ2) is 6.96. The Kier molecular flexibility index (Phi) is 5.88. The second-order valence-electron chi connectivity index (χ2n) is 5.36. The SMILES string of the molecule is CCNC(Cc1cc(F)ccc1F)CC(C)(C)OC. The Morgan fingerprint density at radius 1 is 1.32 bits per heavy atom. The van der Waals surface area contributed by atoms with Gasteiger partial charge >= 0.3 is 0 Å². The highest BCUT2D eigenvalue weighted by Gasteiger charge is 2.23. The van der Waals surface area contributed by atoms with Gasteiger partial charge in [0.25, 0.3) is 0 Å². The summed E-state index contributed by atoms with van der Waals surface area (Å²) < 4.78 is 32.2. The van der Waals surface area contributed by atoms with Crippen molar-refractivity contribution in [3.63, 3.8) is 0 Å². The molecule has 0 saturated heterocycles. The van der Waals surface area contributed by atoms with Gasteiger partial charge in [0, 0.05) is 13.2 Å².